The van der Waals surface area contributed by atoms with Gasteiger partial charge in [0.15, 0.2) is 0 Å². The minimum atomic E-state index is -2.23. The Balaban J connectivity index is 3.69. The highest BCUT2D eigenvalue weighted by atomic mass is 31.2. The summed E-state index contributed by atoms with van der Waals surface area (Å²) < 4.78 is 12.3. The lowest BCUT2D eigenvalue weighted by atomic mass is 10.2. The number of aliphatic hydroxyl groups excluding tert-OH is 1. The molecule has 0 radical (unpaired) electrons. The Morgan fingerprint density at radius 3 is 1.56 bits per heavy atom. The minimum Gasteiger partial charge on any atom is -0.389 e. The molecule has 0 aliphatic heterocycles. The van der Waals surface area contributed by atoms with Crippen LogP contribution in [0.4, 0.5) is 0 Å². The Morgan fingerprint density at radius 2 is 1.25 bits per heavy atom. The van der Waals surface area contributed by atoms with Crippen molar-refractivity contribution in [3.8, 4) is 0 Å². The summed E-state index contributed by atoms with van der Waals surface area (Å²) in [5.41, 5.74) is 0. The van der Waals surface area contributed by atoms with E-state index in [1.807, 2.05) is 0 Å². The molecule has 0 atom stereocenters. The molecule has 0 aromatic carbocycles. The molecule has 0 saturated heterocycles. The summed E-state index contributed by atoms with van der Waals surface area (Å²) in [4.78, 5) is 0. The van der Waals surface area contributed by atoms with Crippen LogP contribution in [0.15, 0.2) is 0 Å². The van der Waals surface area contributed by atoms with Crippen LogP contribution < -0.4 is 0 Å². The van der Waals surface area contributed by atoms with E-state index in [1.54, 1.807) is 0 Å². The average Bonchev–Trinajstić information content (AvgIpc) is 2.31. The van der Waals surface area contributed by atoms with Crippen molar-refractivity contribution in [1.82, 2.24) is 0 Å². The third-order valence-electron chi connectivity index (χ3n) is 3.10. The van der Waals surface area contributed by atoms with Gasteiger partial charge in [0.1, 0.15) is 7.14 Å². The molecule has 16 heavy (non-hydrogen) atoms. The van der Waals surface area contributed by atoms with Crippen LogP contribution in [-0.4, -0.2) is 23.8 Å². The van der Waals surface area contributed by atoms with Crippen molar-refractivity contribution in [1.29, 1.82) is 0 Å². The van der Waals surface area contributed by atoms with E-state index in [4.69, 9.17) is 0 Å². The molecule has 0 unspecified atom stereocenters. The lowest BCUT2D eigenvalue weighted by Crippen LogP contribution is -2.00. The first-order valence-electron chi connectivity index (χ1n) is 6.86. The fourth-order valence-electron chi connectivity index (χ4n) is 1.91. The van der Waals surface area contributed by atoms with E-state index in [-0.39, 0.29) is 6.35 Å². The molecule has 3 heteroatoms. The van der Waals surface area contributed by atoms with Crippen LogP contribution in [0.2, 0.25) is 0 Å². The van der Waals surface area contributed by atoms with Crippen LogP contribution >= 0.6 is 7.14 Å². The Labute approximate surface area is 101 Å². The van der Waals surface area contributed by atoms with Gasteiger partial charge in [-0.3, -0.25) is 0 Å². The minimum absolute atomic E-state index is 0.0781. The van der Waals surface area contributed by atoms with E-state index >= 15 is 0 Å². The van der Waals surface area contributed by atoms with Gasteiger partial charge in [-0.1, -0.05) is 52.4 Å². The number of hydrogen-bond acceptors (Lipinski definition) is 2. The van der Waals surface area contributed by atoms with Crippen LogP contribution in [0, 0.1) is 0 Å². The quantitative estimate of drug-likeness (QED) is 0.433. The molecule has 0 bridgehead atoms. The highest BCUT2D eigenvalue weighted by Crippen LogP contribution is 2.46. The summed E-state index contributed by atoms with van der Waals surface area (Å²) in [5.74, 6) is 0. The topological polar surface area (TPSA) is 37.3 Å². The lowest BCUT2D eigenvalue weighted by molar-refractivity contribution is 0.356. The molecule has 0 aromatic heterocycles. The molecule has 0 aliphatic rings. The molecule has 0 rings (SSSR count). The second-order valence-electron chi connectivity index (χ2n) is 4.77. The first kappa shape index (κ1) is 16.2. The predicted molar refractivity (Wildman–Crippen MR) is 72.7 cm³/mol. The lowest BCUT2D eigenvalue weighted by Gasteiger charge is -2.15. The third-order valence-corrected chi connectivity index (χ3v) is 5.87. The van der Waals surface area contributed by atoms with Gasteiger partial charge >= 0.3 is 0 Å². The van der Waals surface area contributed by atoms with Gasteiger partial charge in [-0.05, 0) is 12.8 Å². The summed E-state index contributed by atoms with van der Waals surface area (Å²) in [5, 5.41) is 9.24. The van der Waals surface area contributed by atoms with Crippen LogP contribution in [-0.2, 0) is 4.57 Å². The molecule has 2 nitrogen and oxygen atoms in total. The first-order chi connectivity index (χ1) is 7.68. The molecular weight excluding hydrogens is 219 g/mol. The molecule has 1 N–H and O–H groups in total. The third kappa shape index (κ3) is 8.35. The zero-order valence-electron chi connectivity index (χ0n) is 11.1. The van der Waals surface area contributed by atoms with E-state index in [0.29, 0.717) is 0 Å². The van der Waals surface area contributed by atoms with E-state index < -0.39 is 7.14 Å². The van der Waals surface area contributed by atoms with Crippen LogP contribution in [0.1, 0.15) is 65.2 Å². The Kier molecular flexibility index (Phi) is 10.5. The second kappa shape index (κ2) is 10.4. The molecule has 0 spiro atoms. The van der Waals surface area contributed by atoms with Gasteiger partial charge in [-0.25, -0.2) is 0 Å². The highest BCUT2D eigenvalue weighted by Gasteiger charge is 2.19. The SMILES string of the molecule is CCCCCCP(=O)(CO)CCCCCC. The normalized spacial score (nSPS) is 11.9. The maximum Gasteiger partial charge on any atom is 0.112 e. The Morgan fingerprint density at radius 1 is 0.812 bits per heavy atom. The summed E-state index contributed by atoms with van der Waals surface area (Å²) in [7, 11) is -2.23. The van der Waals surface area contributed by atoms with Crippen molar-refractivity contribution >= 4 is 7.14 Å². The number of unbranched alkanes of at least 4 members (excludes halogenated alkanes) is 6. The summed E-state index contributed by atoms with van der Waals surface area (Å²) >= 11 is 0. The number of hydrogen-bond donors (Lipinski definition) is 1. The van der Waals surface area contributed by atoms with E-state index in [1.165, 1.54) is 25.7 Å². The van der Waals surface area contributed by atoms with Crippen molar-refractivity contribution in [2.75, 3.05) is 18.7 Å². The van der Waals surface area contributed by atoms with Crippen molar-refractivity contribution in [3.63, 3.8) is 0 Å². The van der Waals surface area contributed by atoms with Gasteiger partial charge in [-0.2, -0.15) is 0 Å². The van der Waals surface area contributed by atoms with Crippen molar-refractivity contribution in [3.05, 3.63) is 0 Å². The van der Waals surface area contributed by atoms with Gasteiger partial charge in [0, 0.05) is 12.3 Å². The number of rotatable bonds is 11. The first-order valence-corrected chi connectivity index (χ1v) is 9.12. The van der Waals surface area contributed by atoms with Crippen molar-refractivity contribution < 1.29 is 9.67 Å². The van der Waals surface area contributed by atoms with Crippen LogP contribution in [0.5, 0.6) is 0 Å². The van der Waals surface area contributed by atoms with Crippen LogP contribution in [0.3, 0.4) is 0 Å². The molecule has 98 valence electrons. The highest BCUT2D eigenvalue weighted by molar-refractivity contribution is 7.63. The van der Waals surface area contributed by atoms with Crippen molar-refractivity contribution in [2.45, 2.75) is 65.2 Å². The molecular formula is C13H29O2P. The van der Waals surface area contributed by atoms with E-state index in [9.17, 15) is 9.67 Å². The molecule has 0 aromatic rings. The number of aliphatic hydroxyl groups is 1. The summed E-state index contributed by atoms with van der Waals surface area (Å²) in [6, 6.07) is 0. The molecule has 0 heterocycles. The fourth-order valence-corrected chi connectivity index (χ4v) is 4.01. The largest absolute Gasteiger partial charge is 0.389 e. The molecule has 0 saturated carbocycles. The zero-order chi connectivity index (χ0) is 12.3. The molecule has 0 amide bonds. The predicted octanol–water partition coefficient (Wildman–Crippen LogP) is 4.46. The van der Waals surface area contributed by atoms with Gasteiger partial charge in [0.25, 0.3) is 0 Å². The maximum atomic E-state index is 12.3. The second-order valence-corrected chi connectivity index (χ2v) is 8.06. The summed E-state index contributed by atoms with van der Waals surface area (Å²) in [6.07, 6.45) is 10.7. The summed E-state index contributed by atoms with van der Waals surface area (Å²) in [6.45, 7) is 4.35. The van der Waals surface area contributed by atoms with Gasteiger partial charge < -0.3 is 9.67 Å². The standard InChI is InChI=1S/C13H29O2P/c1-3-5-7-9-11-16(15,13-14)12-10-8-6-4-2/h14H,3-13H2,1-2H3. The Bertz CT molecular complexity index is 176. The average molecular weight is 248 g/mol. The van der Waals surface area contributed by atoms with Crippen molar-refractivity contribution in [2.24, 2.45) is 0 Å². The molecule has 0 fully saturated rings. The van der Waals surface area contributed by atoms with E-state index in [2.05, 4.69) is 13.8 Å². The van der Waals surface area contributed by atoms with Crippen LogP contribution in [0.25, 0.3) is 0 Å². The monoisotopic (exact) mass is 248 g/mol. The van der Waals surface area contributed by atoms with Gasteiger partial charge in [0.05, 0.1) is 6.35 Å². The van der Waals surface area contributed by atoms with Gasteiger partial charge in [0.2, 0.25) is 0 Å². The molecule has 0 aliphatic carbocycles. The fraction of sp³-hybridized carbons (Fsp3) is 1.00. The smallest absolute Gasteiger partial charge is 0.112 e. The van der Waals surface area contributed by atoms with Gasteiger partial charge in [-0.15, -0.1) is 0 Å². The van der Waals surface area contributed by atoms with E-state index in [0.717, 1.165) is 38.0 Å². The zero-order valence-corrected chi connectivity index (χ0v) is 12.0. The Hall–Kier alpha value is 0.190. The maximum absolute atomic E-state index is 12.3.